The Morgan fingerprint density at radius 2 is 2.33 bits per heavy atom. The molecule has 1 aliphatic rings. The second-order valence-electron chi connectivity index (χ2n) is 4.91. The van der Waals surface area contributed by atoms with Crippen LogP contribution in [0.3, 0.4) is 0 Å². The quantitative estimate of drug-likeness (QED) is 0.805. The Morgan fingerprint density at radius 3 is 3.00 bits per heavy atom. The molecule has 100 valence electrons. The molecule has 1 heterocycles. The van der Waals surface area contributed by atoms with Crippen LogP contribution in [0.1, 0.15) is 26.7 Å². The van der Waals surface area contributed by atoms with Crippen molar-refractivity contribution in [1.82, 2.24) is 9.88 Å². The van der Waals surface area contributed by atoms with E-state index in [0.717, 1.165) is 24.2 Å². The monoisotopic (exact) mass is 249 g/mol. The fourth-order valence-corrected chi connectivity index (χ4v) is 2.03. The lowest BCUT2D eigenvalue weighted by molar-refractivity contribution is 0.257. The number of likely N-dealkylation sites (N-methyl/N-ethyl adjacent to an activating group) is 1. The van der Waals surface area contributed by atoms with Gasteiger partial charge < -0.3 is 10.1 Å². The van der Waals surface area contributed by atoms with E-state index in [0.29, 0.717) is 12.6 Å². The number of nitrogens with zero attached hydrogens (tertiary/aromatic N) is 2. The Labute approximate surface area is 109 Å². The molecule has 0 bridgehead atoms. The number of hydrogen-bond acceptors (Lipinski definition) is 4. The van der Waals surface area contributed by atoms with Crippen molar-refractivity contribution in [3.63, 3.8) is 0 Å². The normalized spacial score (nSPS) is 16.7. The minimum atomic E-state index is 0.508. The molecule has 0 amide bonds. The van der Waals surface area contributed by atoms with Crippen molar-refractivity contribution in [1.29, 1.82) is 0 Å². The summed E-state index contributed by atoms with van der Waals surface area (Å²) >= 11 is 0. The van der Waals surface area contributed by atoms with E-state index < -0.39 is 0 Å². The van der Waals surface area contributed by atoms with Crippen molar-refractivity contribution in [3.8, 4) is 5.75 Å². The molecule has 0 spiro atoms. The van der Waals surface area contributed by atoms with E-state index in [-0.39, 0.29) is 0 Å². The summed E-state index contributed by atoms with van der Waals surface area (Å²) in [6, 6.07) is 5.15. The van der Waals surface area contributed by atoms with Gasteiger partial charge >= 0.3 is 0 Å². The van der Waals surface area contributed by atoms with Crippen molar-refractivity contribution in [2.45, 2.75) is 38.8 Å². The molecule has 1 saturated carbocycles. The first-order valence-electron chi connectivity index (χ1n) is 6.76. The first-order chi connectivity index (χ1) is 8.72. The summed E-state index contributed by atoms with van der Waals surface area (Å²) in [6.45, 7) is 5.79. The highest BCUT2D eigenvalue weighted by molar-refractivity contribution is 5.49. The topological polar surface area (TPSA) is 37.4 Å². The number of nitrogens with one attached hydrogen (secondary N) is 1. The van der Waals surface area contributed by atoms with Crippen LogP contribution in [0.4, 0.5) is 5.82 Å². The Kier molecular flexibility index (Phi) is 4.42. The Balaban J connectivity index is 1.88. The van der Waals surface area contributed by atoms with Crippen LogP contribution in [-0.4, -0.2) is 42.2 Å². The van der Waals surface area contributed by atoms with E-state index in [1.165, 1.54) is 12.8 Å². The van der Waals surface area contributed by atoms with Crippen LogP contribution in [-0.2, 0) is 0 Å². The highest BCUT2D eigenvalue weighted by atomic mass is 16.5. The van der Waals surface area contributed by atoms with Crippen LogP contribution in [0.15, 0.2) is 18.3 Å². The van der Waals surface area contributed by atoms with E-state index in [1.807, 2.05) is 19.1 Å². The van der Waals surface area contributed by atoms with E-state index in [4.69, 9.17) is 4.74 Å². The molecule has 1 aliphatic carbocycles. The zero-order valence-corrected chi connectivity index (χ0v) is 11.5. The van der Waals surface area contributed by atoms with Gasteiger partial charge in [0.15, 0.2) is 11.6 Å². The number of anilines is 1. The smallest absolute Gasteiger partial charge is 0.168 e. The Hall–Kier alpha value is -1.29. The fraction of sp³-hybridized carbons (Fsp3) is 0.643. The summed E-state index contributed by atoms with van der Waals surface area (Å²) in [4.78, 5) is 6.78. The molecule has 2 rings (SSSR count). The SMILES string of the molecule is CCOc1cccnc1NCC(C)N(C)C1CC1. The summed E-state index contributed by atoms with van der Waals surface area (Å²) in [5.41, 5.74) is 0. The predicted molar refractivity (Wildman–Crippen MR) is 74.1 cm³/mol. The largest absolute Gasteiger partial charge is 0.490 e. The van der Waals surface area contributed by atoms with Crippen LogP contribution in [0.25, 0.3) is 0 Å². The average Bonchev–Trinajstić information content (AvgIpc) is 3.21. The minimum absolute atomic E-state index is 0.508. The molecule has 18 heavy (non-hydrogen) atoms. The summed E-state index contributed by atoms with van der Waals surface area (Å²) in [7, 11) is 2.20. The van der Waals surface area contributed by atoms with Gasteiger partial charge in [-0.05, 0) is 45.9 Å². The van der Waals surface area contributed by atoms with Crippen LogP contribution in [0.2, 0.25) is 0 Å². The molecule has 1 fully saturated rings. The molecule has 1 atom stereocenters. The molecule has 4 nitrogen and oxygen atoms in total. The van der Waals surface area contributed by atoms with E-state index in [1.54, 1.807) is 6.20 Å². The standard InChI is InChI=1S/C14H23N3O/c1-4-18-13-6-5-9-15-14(13)16-10-11(2)17(3)12-7-8-12/h5-6,9,11-12H,4,7-8,10H2,1-3H3,(H,15,16). The van der Waals surface area contributed by atoms with Gasteiger partial charge in [-0.1, -0.05) is 0 Å². The maximum atomic E-state index is 5.55. The van der Waals surface area contributed by atoms with Gasteiger partial charge in [-0.3, -0.25) is 4.90 Å². The first kappa shape index (κ1) is 13.1. The molecule has 1 unspecified atom stereocenters. The Morgan fingerprint density at radius 1 is 1.56 bits per heavy atom. The second-order valence-corrected chi connectivity index (χ2v) is 4.91. The van der Waals surface area contributed by atoms with E-state index in [2.05, 4.69) is 29.2 Å². The molecule has 0 aliphatic heterocycles. The predicted octanol–water partition coefficient (Wildman–Crippen LogP) is 2.37. The summed E-state index contributed by atoms with van der Waals surface area (Å²) in [6.07, 6.45) is 4.48. The molecule has 1 aromatic rings. The third kappa shape index (κ3) is 3.35. The lowest BCUT2D eigenvalue weighted by atomic mass is 10.3. The van der Waals surface area contributed by atoms with Gasteiger partial charge in [0.05, 0.1) is 6.61 Å². The summed E-state index contributed by atoms with van der Waals surface area (Å²) in [5.74, 6) is 1.68. The van der Waals surface area contributed by atoms with Crippen LogP contribution in [0.5, 0.6) is 5.75 Å². The lowest BCUT2D eigenvalue weighted by Crippen LogP contribution is -2.36. The number of ether oxygens (including phenoxy) is 1. The van der Waals surface area contributed by atoms with Gasteiger partial charge in [0.1, 0.15) is 0 Å². The molecular formula is C14H23N3O. The summed E-state index contributed by atoms with van der Waals surface area (Å²) < 4.78 is 5.55. The molecule has 1 N–H and O–H groups in total. The number of pyridine rings is 1. The first-order valence-corrected chi connectivity index (χ1v) is 6.76. The minimum Gasteiger partial charge on any atom is -0.490 e. The van der Waals surface area contributed by atoms with E-state index >= 15 is 0 Å². The zero-order chi connectivity index (χ0) is 13.0. The number of aromatic nitrogens is 1. The average molecular weight is 249 g/mol. The molecule has 0 radical (unpaired) electrons. The van der Waals surface area contributed by atoms with Gasteiger partial charge in [0.25, 0.3) is 0 Å². The van der Waals surface area contributed by atoms with Gasteiger partial charge in [-0.25, -0.2) is 4.98 Å². The van der Waals surface area contributed by atoms with E-state index in [9.17, 15) is 0 Å². The van der Waals surface area contributed by atoms with Crippen LogP contribution >= 0.6 is 0 Å². The van der Waals surface area contributed by atoms with Crippen molar-refractivity contribution < 1.29 is 4.74 Å². The fourth-order valence-electron chi connectivity index (χ4n) is 2.03. The maximum Gasteiger partial charge on any atom is 0.168 e. The van der Waals surface area contributed by atoms with Crippen LogP contribution in [0, 0.1) is 0 Å². The number of hydrogen-bond donors (Lipinski definition) is 1. The van der Waals surface area contributed by atoms with Crippen molar-refractivity contribution in [2.24, 2.45) is 0 Å². The van der Waals surface area contributed by atoms with Crippen LogP contribution < -0.4 is 10.1 Å². The molecule has 0 saturated heterocycles. The highest BCUT2D eigenvalue weighted by Gasteiger charge is 2.28. The molecule has 0 aromatic carbocycles. The Bertz CT molecular complexity index is 379. The van der Waals surface area contributed by atoms with Gasteiger partial charge in [0, 0.05) is 24.8 Å². The third-order valence-corrected chi connectivity index (χ3v) is 3.45. The van der Waals surface area contributed by atoms with Crippen molar-refractivity contribution in [2.75, 3.05) is 25.5 Å². The third-order valence-electron chi connectivity index (χ3n) is 3.45. The van der Waals surface area contributed by atoms with Crippen molar-refractivity contribution in [3.05, 3.63) is 18.3 Å². The number of rotatable bonds is 7. The lowest BCUT2D eigenvalue weighted by Gasteiger charge is -2.25. The van der Waals surface area contributed by atoms with Gasteiger partial charge in [0.2, 0.25) is 0 Å². The molecule has 1 aromatic heterocycles. The van der Waals surface area contributed by atoms with Gasteiger partial charge in [-0.2, -0.15) is 0 Å². The molecule has 4 heteroatoms. The van der Waals surface area contributed by atoms with Gasteiger partial charge in [-0.15, -0.1) is 0 Å². The zero-order valence-electron chi connectivity index (χ0n) is 11.5. The highest BCUT2D eigenvalue weighted by Crippen LogP contribution is 2.27. The maximum absolute atomic E-state index is 5.55. The molecular weight excluding hydrogens is 226 g/mol. The second kappa shape index (κ2) is 6.05. The van der Waals surface area contributed by atoms with Crippen molar-refractivity contribution >= 4 is 5.82 Å². The summed E-state index contributed by atoms with van der Waals surface area (Å²) in [5, 5.41) is 3.38.